The van der Waals surface area contributed by atoms with E-state index in [9.17, 15) is 4.39 Å². The van der Waals surface area contributed by atoms with Gasteiger partial charge in [-0.3, -0.25) is 0 Å². The van der Waals surface area contributed by atoms with Crippen LogP contribution in [0.2, 0.25) is 0 Å². The van der Waals surface area contributed by atoms with E-state index in [4.69, 9.17) is 24.9 Å². The first kappa shape index (κ1) is 19.1. The van der Waals surface area contributed by atoms with E-state index in [1.807, 2.05) is 30.3 Å². The van der Waals surface area contributed by atoms with Crippen molar-refractivity contribution in [1.29, 1.82) is 0 Å². The van der Waals surface area contributed by atoms with Gasteiger partial charge >= 0.3 is 0 Å². The second-order valence-corrected chi connectivity index (χ2v) is 8.03. The van der Waals surface area contributed by atoms with Gasteiger partial charge in [-0.25, -0.2) is 9.98 Å². The minimum absolute atomic E-state index is 0.124. The lowest BCUT2D eigenvalue weighted by Crippen LogP contribution is -2.37. The van der Waals surface area contributed by atoms with E-state index < -0.39 is 11.5 Å². The van der Waals surface area contributed by atoms with Gasteiger partial charge in [-0.15, -0.1) is 0 Å². The van der Waals surface area contributed by atoms with Crippen LogP contribution < -0.4 is 15.4 Å². The highest BCUT2D eigenvalue weighted by molar-refractivity contribution is 5.78. The number of pyridine rings is 1. The molecule has 0 saturated carbocycles. The molecule has 8 heteroatoms. The second kappa shape index (κ2) is 7.20. The quantitative estimate of drug-likeness (QED) is 0.625. The molecule has 1 aromatic heterocycles. The van der Waals surface area contributed by atoms with Gasteiger partial charge in [0.05, 0.1) is 13.2 Å². The predicted octanol–water partition coefficient (Wildman–Crippen LogP) is 3.42. The van der Waals surface area contributed by atoms with Gasteiger partial charge in [-0.1, -0.05) is 6.07 Å². The number of nitrogens with two attached hydrogens (primary N) is 1. The SMILES string of the molecule is NC1=NC2(CO1)c1cc(-c3cccnc3F)ccc1Oc1ccc(N3CCOCC3)cc12. The van der Waals surface area contributed by atoms with Crippen molar-refractivity contribution in [3.05, 3.63) is 71.8 Å². The molecule has 1 saturated heterocycles. The van der Waals surface area contributed by atoms with Crippen molar-refractivity contribution in [1.82, 2.24) is 4.98 Å². The Labute approximate surface area is 184 Å². The van der Waals surface area contributed by atoms with Gasteiger partial charge in [0.25, 0.3) is 6.02 Å². The zero-order valence-electron chi connectivity index (χ0n) is 17.3. The van der Waals surface area contributed by atoms with Crippen LogP contribution >= 0.6 is 0 Å². The number of ether oxygens (including phenoxy) is 3. The molecule has 4 heterocycles. The molecule has 7 nitrogen and oxygen atoms in total. The van der Waals surface area contributed by atoms with Crippen LogP contribution in [-0.4, -0.2) is 43.9 Å². The van der Waals surface area contributed by atoms with Crippen molar-refractivity contribution in [3.8, 4) is 22.6 Å². The van der Waals surface area contributed by atoms with E-state index in [1.54, 1.807) is 12.1 Å². The highest BCUT2D eigenvalue weighted by atomic mass is 19.1. The van der Waals surface area contributed by atoms with Crippen LogP contribution in [0.1, 0.15) is 11.1 Å². The first-order chi connectivity index (χ1) is 15.6. The number of benzene rings is 2. The summed E-state index contributed by atoms with van der Waals surface area (Å²) in [6.07, 6.45) is 1.43. The highest BCUT2D eigenvalue weighted by Crippen LogP contribution is 2.52. The summed E-state index contributed by atoms with van der Waals surface area (Å²) >= 11 is 0. The van der Waals surface area contributed by atoms with Crippen LogP contribution in [0, 0.1) is 5.95 Å². The molecule has 3 aromatic rings. The molecule has 1 fully saturated rings. The Bertz CT molecular complexity index is 1240. The van der Waals surface area contributed by atoms with Gasteiger partial charge < -0.3 is 24.8 Å². The van der Waals surface area contributed by atoms with Crippen molar-refractivity contribution in [2.75, 3.05) is 37.8 Å². The maximum Gasteiger partial charge on any atom is 0.283 e. The average Bonchev–Trinajstić information content (AvgIpc) is 3.22. The molecule has 1 spiro atoms. The lowest BCUT2D eigenvalue weighted by atomic mass is 9.80. The fourth-order valence-electron chi connectivity index (χ4n) is 4.63. The number of amidine groups is 1. The van der Waals surface area contributed by atoms with E-state index in [0.717, 1.165) is 29.9 Å². The van der Waals surface area contributed by atoms with Gasteiger partial charge in [0.1, 0.15) is 18.1 Å². The summed E-state index contributed by atoms with van der Waals surface area (Å²) < 4.78 is 31.8. The van der Waals surface area contributed by atoms with Gasteiger partial charge in [0.2, 0.25) is 5.95 Å². The number of halogens is 1. The monoisotopic (exact) mass is 432 g/mol. The maximum atomic E-state index is 14.4. The van der Waals surface area contributed by atoms with Crippen LogP contribution in [0.5, 0.6) is 11.5 Å². The molecule has 0 amide bonds. The standard InChI is InChI=1S/C24H21FN4O3/c25-22-17(2-1-7-27-22)15-3-5-20-18(12-15)24(14-31-23(26)28-24)19-13-16(4-6-21(19)32-20)29-8-10-30-11-9-29/h1-7,12-13H,8-11,14H2,(H2,26,28). The van der Waals surface area contributed by atoms with E-state index in [-0.39, 0.29) is 12.6 Å². The van der Waals surface area contributed by atoms with Crippen molar-refractivity contribution in [2.24, 2.45) is 10.7 Å². The van der Waals surface area contributed by atoms with Crippen molar-refractivity contribution < 1.29 is 18.6 Å². The molecule has 6 rings (SSSR count). The molecule has 1 atom stereocenters. The Kier molecular flexibility index (Phi) is 4.29. The summed E-state index contributed by atoms with van der Waals surface area (Å²) in [4.78, 5) is 10.8. The molecule has 3 aliphatic heterocycles. The number of anilines is 1. The summed E-state index contributed by atoms with van der Waals surface area (Å²) in [5, 5.41) is 0. The normalized spacial score (nSPS) is 21.4. The molecule has 0 bridgehead atoms. The van der Waals surface area contributed by atoms with Crippen LogP contribution in [-0.2, 0) is 15.0 Å². The number of aromatic nitrogens is 1. The summed E-state index contributed by atoms with van der Waals surface area (Å²) in [6, 6.07) is 15.2. The number of rotatable bonds is 2. The number of morpholine rings is 1. The van der Waals surface area contributed by atoms with E-state index in [1.165, 1.54) is 6.20 Å². The molecular formula is C24H21FN4O3. The zero-order valence-corrected chi connectivity index (χ0v) is 17.3. The number of aliphatic imine (C=N–C) groups is 1. The van der Waals surface area contributed by atoms with Crippen LogP contribution in [0.25, 0.3) is 11.1 Å². The summed E-state index contributed by atoms with van der Waals surface area (Å²) in [7, 11) is 0. The van der Waals surface area contributed by atoms with Crippen LogP contribution in [0.3, 0.4) is 0 Å². The molecule has 2 N–H and O–H groups in total. The molecule has 2 aromatic carbocycles. The third-order valence-electron chi connectivity index (χ3n) is 6.23. The van der Waals surface area contributed by atoms with Gasteiger partial charge in [0, 0.05) is 41.7 Å². The number of hydrogen-bond acceptors (Lipinski definition) is 7. The predicted molar refractivity (Wildman–Crippen MR) is 118 cm³/mol. The number of fused-ring (bicyclic) bond motifs is 4. The third kappa shape index (κ3) is 2.90. The second-order valence-electron chi connectivity index (χ2n) is 8.03. The minimum Gasteiger partial charge on any atom is -0.462 e. The molecular weight excluding hydrogens is 411 g/mol. The van der Waals surface area contributed by atoms with E-state index >= 15 is 0 Å². The maximum absolute atomic E-state index is 14.4. The third-order valence-corrected chi connectivity index (χ3v) is 6.23. The Morgan fingerprint density at radius 2 is 1.78 bits per heavy atom. The van der Waals surface area contributed by atoms with E-state index in [2.05, 4.69) is 16.0 Å². The summed E-state index contributed by atoms with van der Waals surface area (Å²) in [6.45, 7) is 3.25. The lowest BCUT2D eigenvalue weighted by Gasteiger charge is -2.35. The van der Waals surface area contributed by atoms with Crippen LogP contribution in [0.4, 0.5) is 10.1 Å². The van der Waals surface area contributed by atoms with E-state index in [0.29, 0.717) is 35.8 Å². The van der Waals surface area contributed by atoms with Crippen molar-refractivity contribution >= 4 is 11.7 Å². The lowest BCUT2D eigenvalue weighted by molar-refractivity contribution is 0.122. The Morgan fingerprint density at radius 1 is 1.00 bits per heavy atom. The topological polar surface area (TPSA) is 82.2 Å². The number of hydrogen-bond donors (Lipinski definition) is 1. The average molecular weight is 432 g/mol. The highest BCUT2D eigenvalue weighted by Gasteiger charge is 2.47. The molecule has 32 heavy (non-hydrogen) atoms. The van der Waals surface area contributed by atoms with Gasteiger partial charge in [-0.2, -0.15) is 4.39 Å². The molecule has 3 aliphatic rings. The van der Waals surface area contributed by atoms with Gasteiger partial charge in [-0.05, 0) is 48.0 Å². The fraction of sp³-hybridized carbons (Fsp3) is 0.250. The number of nitrogens with zero attached hydrogens (tertiary/aromatic N) is 3. The largest absolute Gasteiger partial charge is 0.462 e. The smallest absolute Gasteiger partial charge is 0.283 e. The van der Waals surface area contributed by atoms with Crippen LogP contribution in [0.15, 0.2) is 59.7 Å². The Morgan fingerprint density at radius 3 is 2.53 bits per heavy atom. The molecule has 162 valence electrons. The van der Waals surface area contributed by atoms with Gasteiger partial charge in [0.15, 0.2) is 5.54 Å². The zero-order chi connectivity index (χ0) is 21.7. The first-order valence-electron chi connectivity index (χ1n) is 10.5. The van der Waals surface area contributed by atoms with Crippen molar-refractivity contribution in [3.63, 3.8) is 0 Å². The fourth-order valence-corrected chi connectivity index (χ4v) is 4.63. The molecule has 1 unspecified atom stereocenters. The molecule has 0 radical (unpaired) electrons. The summed E-state index contributed by atoms with van der Waals surface area (Å²) in [5.74, 6) is 0.822. The molecule has 0 aliphatic carbocycles. The Balaban J connectivity index is 1.51. The first-order valence-corrected chi connectivity index (χ1v) is 10.5. The minimum atomic E-state index is -0.871. The summed E-state index contributed by atoms with van der Waals surface area (Å²) in [5.41, 5.74) is 8.94. The van der Waals surface area contributed by atoms with Crippen molar-refractivity contribution in [2.45, 2.75) is 5.54 Å². The Hall–Kier alpha value is -3.65.